The molecule has 96 valence electrons. The van der Waals surface area contributed by atoms with E-state index in [0.29, 0.717) is 0 Å². The lowest BCUT2D eigenvalue weighted by atomic mass is 10.2. The molecule has 1 aromatic carbocycles. The Hall–Kier alpha value is -1.49. The van der Waals surface area contributed by atoms with E-state index in [9.17, 15) is 4.79 Å². The predicted molar refractivity (Wildman–Crippen MR) is 77.3 cm³/mol. The number of nitrogens with zero attached hydrogens (tertiary/aromatic N) is 2. The Bertz CT molecular complexity index is 470. The van der Waals surface area contributed by atoms with E-state index in [-0.39, 0.29) is 10.8 Å². The molecule has 18 heavy (non-hydrogen) atoms. The fourth-order valence-electron chi connectivity index (χ4n) is 1.69. The Morgan fingerprint density at radius 1 is 1.39 bits per heavy atom. The number of carbonyl (C=O) groups is 1. The summed E-state index contributed by atoms with van der Waals surface area (Å²) >= 11 is 1.63. The van der Waals surface area contributed by atoms with Gasteiger partial charge in [-0.3, -0.25) is 4.99 Å². The van der Waals surface area contributed by atoms with Gasteiger partial charge in [0, 0.05) is 11.8 Å². The first-order chi connectivity index (χ1) is 8.53. The summed E-state index contributed by atoms with van der Waals surface area (Å²) in [5.74, 6) is 0. The van der Waals surface area contributed by atoms with Crippen LogP contribution in [-0.2, 0) is 0 Å². The molecule has 1 aliphatic rings. The van der Waals surface area contributed by atoms with Crippen LogP contribution in [0.1, 0.15) is 13.8 Å². The molecule has 0 radical (unpaired) electrons. The highest BCUT2D eigenvalue weighted by Crippen LogP contribution is 2.35. The quantitative estimate of drug-likeness (QED) is 0.846. The van der Waals surface area contributed by atoms with Crippen LogP contribution in [0, 0.1) is 0 Å². The third-order valence-corrected chi connectivity index (χ3v) is 3.76. The summed E-state index contributed by atoms with van der Waals surface area (Å²) in [5, 5.41) is 3.42. The van der Waals surface area contributed by atoms with Crippen molar-refractivity contribution in [3.05, 3.63) is 30.3 Å². The van der Waals surface area contributed by atoms with Gasteiger partial charge in [-0.1, -0.05) is 30.0 Å². The molecule has 1 heterocycles. The number of rotatable bonds is 1. The van der Waals surface area contributed by atoms with Crippen LogP contribution in [0.15, 0.2) is 35.3 Å². The third-order valence-electron chi connectivity index (χ3n) is 2.59. The van der Waals surface area contributed by atoms with Crippen molar-refractivity contribution in [2.24, 2.45) is 4.99 Å². The fourth-order valence-corrected chi connectivity index (χ4v) is 2.72. The van der Waals surface area contributed by atoms with Gasteiger partial charge in [-0.15, -0.1) is 0 Å². The van der Waals surface area contributed by atoms with Crippen molar-refractivity contribution in [1.29, 1.82) is 0 Å². The normalized spacial score (nSPS) is 17.2. The first-order valence-corrected chi connectivity index (χ1v) is 6.65. The van der Waals surface area contributed by atoms with Crippen molar-refractivity contribution in [3.63, 3.8) is 0 Å². The lowest BCUT2D eigenvalue weighted by molar-refractivity contribution is 0.251. The number of aliphatic imine (C=N–C) groups is 1. The number of carbonyl (C=O) groups excluding carboxylic acids is 1. The van der Waals surface area contributed by atoms with Crippen molar-refractivity contribution < 1.29 is 4.79 Å². The first kappa shape index (κ1) is 13.0. The summed E-state index contributed by atoms with van der Waals surface area (Å²) < 4.78 is 0.0520. The van der Waals surface area contributed by atoms with Gasteiger partial charge >= 0.3 is 6.03 Å². The summed E-state index contributed by atoms with van der Waals surface area (Å²) in [5.41, 5.74) is 0.834. The van der Waals surface area contributed by atoms with Crippen molar-refractivity contribution in [2.75, 3.05) is 18.5 Å². The molecule has 5 heteroatoms. The van der Waals surface area contributed by atoms with Crippen LogP contribution in [0.4, 0.5) is 10.5 Å². The maximum atomic E-state index is 12.0. The van der Waals surface area contributed by atoms with Gasteiger partial charge in [0.1, 0.15) is 0 Å². The van der Waals surface area contributed by atoms with Crippen LogP contribution >= 0.6 is 11.8 Å². The number of urea groups is 1. The zero-order valence-electron chi connectivity index (χ0n) is 10.8. The number of anilines is 1. The molecule has 0 aliphatic carbocycles. The molecule has 0 saturated heterocycles. The molecule has 0 aromatic heterocycles. The highest BCUT2D eigenvalue weighted by Gasteiger charge is 2.33. The van der Waals surface area contributed by atoms with Gasteiger partial charge in [0.05, 0.1) is 12.2 Å². The molecule has 0 saturated carbocycles. The van der Waals surface area contributed by atoms with Crippen LogP contribution < -0.4 is 10.2 Å². The van der Waals surface area contributed by atoms with E-state index >= 15 is 0 Å². The number of amides is 2. The lowest BCUT2D eigenvalue weighted by Crippen LogP contribution is -2.41. The number of hydrogen-bond acceptors (Lipinski definition) is 3. The Balaban J connectivity index is 2.31. The van der Waals surface area contributed by atoms with E-state index in [1.54, 1.807) is 23.7 Å². The van der Waals surface area contributed by atoms with E-state index in [2.05, 4.69) is 24.2 Å². The van der Waals surface area contributed by atoms with Gasteiger partial charge in [-0.05, 0) is 26.0 Å². The molecular formula is C13H17N3OS. The fraction of sp³-hybridized carbons (Fsp3) is 0.385. The number of amidine groups is 1. The van der Waals surface area contributed by atoms with Crippen LogP contribution in [0.2, 0.25) is 0 Å². The number of thioether (sulfide) groups is 1. The van der Waals surface area contributed by atoms with Gasteiger partial charge < -0.3 is 5.32 Å². The van der Waals surface area contributed by atoms with Crippen LogP contribution in [0.25, 0.3) is 0 Å². The van der Waals surface area contributed by atoms with Crippen molar-refractivity contribution in [1.82, 2.24) is 5.32 Å². The van der Waals surface area contributed by atoms with Crippen molar-refractivity contribution in [3.8, 4) is 0 Å². The highest BCUT2D eigenvalue weighted by atomic mass is 32.2. The number of para-hydroxylation sites is 1. The monoisotopic (exact) mass is 263 g/mol. The van der Waals surface area contributed by atoms with Gasteiger partial charge in [-0.2, -0.15) is 0 Å². The van der Waals surface area contributed by atoms with E-state index in [0.717, 1.165) is 17.4 Å². The largest absolute Gasteiger partial charge is 0.340 e. The van der Waals surface area contributed by atoms with Gasteiger partial charge in [0.25, 0.3) is 0 Å². The Labute approximate surface area is 111 Å². The van der Waals surface area contributed by atoms with Crippen molar-refractivity contribution >= 4 is 28.6 Å². The van der Waals surface area contributed by atoms with E-state index in [1.807, 2.05) is 30.3 Å². The average molecular weight is 263 g/mol. The second-order valence-electron chi connectivity index (χ2n) is 4.69. The molecule has 0 unspecified atom stereocenters. The Kier molecular flexibility index (Phi) is 3.61. The topological polar surface area (TPSA) is 44.7 Å². The zero-order chi connectivity index (χ0) is 13.2. The maximum absolute atomic E-state index is 12.0. The van der Waals surface area contributed by atoms with Gasteiger partial charge in [0.2, 0.25) is 0 Å². The third kappa shape index (κ3) is 2.67. The molecule has 1 aliphatic heterocycles. The molecular weight excluding hydrogens is 246 g/mol. The van der Waals surface area contributed by atoms with Crippen LogP contribution in [0.3, 0.4) is 0 Å². The Morgan fingerprint density at radius 2 is 2.06 bits per heavy atom. The average Bonchev–Trinajstić information content (AvgIpc) is 2.71. The molecule has 0 spiro atoms. The van der Waals surface area contributed by atoms with E-state index in [4.69, 9.17) is 0 Å². The zero-order valence-corrected chi connectivity index (χ0v) is 11.6. The predicted octanol–water partition coefficient (Wildman–Crippen LogP) is 2.71. The van der Waals surface area contributed by atoms with Gasteiger partial charge in [0.15, 0.2) is 5.17 Å². The number of nitrogens with one attached hydrogen (secondary N) is 1. The number of benzene rings is 1. The SMILES string of the molecule is CNC(=O)N(C1=NCC(C)(C)S1)c1ccccc1. The molecule has 2 amide bonds. The molecule has 2 rings (SSSR count). The molecule has 4 nitrogen and oxygen atoms in total. The summed E-state index contributed by atoms with van der Waals surface area (Å²) in [6.07, 6.45) is 0. The summed E-state index contributed by atoms with van der Waals surface area (Å²) in [6, 6.07) is 9.41. The Morgan fingerprint density at radius 3 is 2.56 bits per heavy atom. The summed E-state index contributed by atoms with van der Waals surface area (Å²) in [7, 11) is 1.63. The highest BCUT2D eigenvalue weighted by molar-refractivity contribution is 8.15. The maximum Gasteiger partial charge on any atom is 0.327 e. The lowest BCUT2D eigenvalue weighted by Gasteiger charge is -2.23. The first-order valence-electron chi connectivity index (χ1n) is 5.84. The number of hydrogen-bond donors (Lipinski definition) is 1. The second-order valence-corrected chi connectivity index (χ2v) is 6.36. The molecule has 0 atom stereocenters. The standard InChI is InChI=1S/C13H17N3OS/c1-13(2)9-15-12(18-13)16(11(17)14-3)10-7-5-4-6-8-10/h4-8H,9H2,1-3H3,(H,14,17). The summed E-state index contributed by atoms with van der Waals surface area (Å²) in [4.78, 5) is 18.1. The minimum Gasteiger partial charge on any atom is -0.340 e. The smallest absolute Gasteiger partial charge is 0.327 e. The van der Waals surface area contributed by atoms with Crippen LogP contribution in [0.5, 0.6) is 0 Å². The molecule has 1 N–H and O–H groups in total. The summed E-state index contributed by atoms with van der Waals surface area (Å²) in [6.45, 7) is 4.98. The van der Waals surface area contributed by atoms with Gasteiger partial charge in [-0.25, -0.2) is 9.69 Å². The minimum atomic E-state index is -0.162. The van der Waals surface area contributed by atoms with E-state index < -0.39 is 0 Å². The molecule has 0 bridgehead atoms. The molecule has 1 aromatic rings. The molecule has 0 fully saturated rings. The van der Waals surface area contributed by atoms with Crippen LogP contribution in [-0.4, -0.2) is 29.5 Å². The van der Waals surface area contributed by atoms with E-state index in [1.165, 1.54) is 0 Å². The minimum absolute atomic E-state index is 0.0520. The van der Waals surface area contributed by atoms with Crippen molar-refractivity contribution in [2.45, 2.75) is 18.6 Å². The second kappa shape index (κ2) is 5.02.